The quantitative estimate of drug-likeness (QED) is 0.210. The molecule has 0 aliphatic carbocycles. The van der Waals surface area contributed by atoms with Gasteiger partial charge < -0.3 is 10.3 Å². The van der Waals surface area contributed by atoms with Crippen molar-refractivity contribution in [3.8, 4) is 17.4 Å². The van der Waals surface area contributed by atoms with Crippen LogP contribution in [0, 0.1) is 24.0 Å². The number of hydrogen-bond acceptors (Lipinski definition) is 10. The van der Waals surface area contributed by atoms with Gasteiger partial charge in [-0.25, -0.2) is 9.36 Å². The van der Waals surface area contributed by atoms with E-state index in [1.807, 2.05) is 26.8 Å². The Kier molecular flexibility index (Phi) is 4.95. The molecule has 4 aromatic rings. The summed E-state index contributed by atoms with van der Waals surface area (Å²) < 4.78 is 8.71. The second-order valence-electron chi connectivity index (χ2n) is 6.50. The van der Waals surface area contributed by atoms with Crippen molar-refractivity contribution in [2.45, 2.75) is 31.2 Å². The maximum atomic E-state index is 10.8. The Balaban J connectivity index is 1.52. The Bertz CT molecular complexity index is 1210. The number of nitrogens with zero attached hydrogens (tertiary/aromatic N) is 8. The Morgan fingerprint density at radius 1 is 1.17 bits per heavy atom. The lowest BCUT2D eigenvalue weighted by Crippen LogP contribution is -2.17. The van der Waals surface area contributed by atoms with Gasteiger partial charge in [0.1, 0.15) is 0 Å². The van der Waals surface area contributed by atoms with Gasteiger partial charge in [0.2, 0.25) is 16.9 Å². The summed E-state index contributed by atoms with van der Waals surface area (Å²) in [6.07, 6.45) is 0. The molecule has 1 aromatic carbocycles. The fourth-order valence-electron chi connectivity index (χ4n) is 2.78. The van der Waals surface area contributed by atoms with Gasteiger partial charge in [-0.1, -0.05) is 11.8 Å². The van der Waals surface area contributed by atoms with Crippen LogP contribution in [0.1, 0.15) is 29.5 Å². The van der Waals surface area contributed by atoms with E-state index in [1.54, 1.807) is 16.8 Å². The van der Waals surface area contributed by atoms with Crippen LogP contribution in [0.2, 0.25) is 0 Å². The van der Waals surface area contributed by atoms with E-state index >= 15 is 0 Å². The Labute approximate surface area is 174 Å². The standard InChI is InChI=1S/C17H17N9O3S/c1-9-8-10(2)25(23-9)16-21-22-17(24(16)18)30-11(3)14-19-20-15(29-14)12-4-6-13(7-5-12)26(27)28/h4-8,11H,18H2,1-3H3. The number of aromatic nitrogens is 7. The number of nitrogens with two attached hydrogens (primary N) is 1. The maximum absolute atomic E-state index is 10.8. The molecule has 0 saturated carbocycles. The second-order valence-corrected chi connectivity index (χ2v) is 7.81. The van der Waals surface area contributed by atoms with Crippen LogP contribution in [-0.2, 0) is 0 Å². The van der Waals surface area contributed by atoms with Crippen LogP contribution in [0.5, 0.6) is 0 Å². The molecule has 154 valence electrons. The number of benzene rings is 1. The molecule has 1 atom stereocenters. The zero-order valence-corrected chi connectivity index (χ0v) is 17.1. The fraction of sp³-hybridized carbons (Fsp3) is 0.235. The van der Waals surface area contributed by atoms with Crippen molar-refractivity contribution in [2.75, 3.05) is 5.84 Å². The predicted molar refractivity (Wildman–Crippen MR) is 107 cm³/mol. The third-order valence-corrected chi connectivity index (χ3v) is 5.29. The van der Waals surface area contributed by atoms with Crippen LogP contribution < -0.4 is 5.84 Å². The zero-order valence-electron chi connectivity index (χ0n) is 16.3. The molecule has 0 saturated heterocycles. The van der Waals surface area contributed by atoms with Gasteiger partial charge >= 0.3 is 0 Å². The summed E-state index contributed by atoms with van der Waals surface area (Å²) in [5.74, 6) is 7.19. The molecule has 0 aliphatic heterocycles. The van der Waals surface area contributed by atoms with Crippen molar-refractivity contribution in [1.29, 1.82) is 0 Å². The number of aryl methyl sites for hydroxylation is 2. The average Bonchev–Trinajstić information content (AvgIpc) is 3.42. The Morgan fingerprint density at radius 3 is 2.53 bits per heavy atom. The fourth-order valence-corrected chi connectivity index (χ4v) is 3.57. The molecule has 0 amide bonds. The molecule has 3 heterocycles. The molecule has 12 nitrogen and oxygen atoms in total. The number of hydrogen-bond donors (Lipinski definition) is 1. The minimum absolute atomic E-state index is 0.0110. The molecule has 4 rings (SSSR count). The number of thioether (sulfide) groups is 1. The predicted octanol–water partition coefficient (Wildman–Crippen LogP) is 2.61. The SMILES string of the molecule is Cc1cc(C)n(-c2nnc(SC(C)c3nnc(-c4ccc([N+](=O)[O-])cc4)o3)n2N)n1. The van der Waals surface area contributed by atoms with Crippen molar-refractivity contribution < 1.29 is 9.34 Å². The third-order valence-electron chi connectivity index (χ3n) is 4.24. The minimum atomic E-state index is -0.467. The van der Waals surface area contributed by atoms with E-state index in [9.17, 15) is 10.1 Å². The molecule has 30 heavy (non-hydrogen) atoms. The highest BCUT2D eigenvalue weighted by atomic mass is 32.2. The first kappa shape index (κ1) is 19.6. The topological polar surface area (TPSA) is 157 Å². The van der Waals surface area contributed by atoms with Gasteiger partial charge in [-0.05, 0) is 39.0 Å². The molecular formula is C17H17N9O3S. The second kappa shape index (κ2) is 7.59. The van der Waals surface area contributed by atoms with E-state index in [1.165, 1.54) is 28.6 Å². The molecular weight excluding hydrogens is 410 g/mol. The van der Waals surface area contributed by atoms with E-state index in [0.717, 1.165) is 11.4 Å². The molecule has 0 spiro atoms. The van der Waals surface area contributed by atoms with Crippen molar-refractivity contribution in [1.82, 2.24) is 34.9 Å². The molecule has 1 unspecified atom stereocenters. The van der Waals surface area contributed by atoms with Crippen LogP contribution in [0.25, 0.3) is 17.4 Å². The lowest BCUT2D eigenvalue weighted by molar-refractivity contribution is -0.384. The van der Waals surface area contributed by atoms with E-state index in [2.05, 4.69) is 25.5 Å². The highest BCUT2D eigenvalue weighted by molar-refractivity contribution is 7.99. The molecule has 0 fully saturated rings. The average molecular weight is 427 g/mol. The van der Waals surface area contributed by atoms with E-state index in [0.29, 0.717) is 22.6 Å². The van der Waals surface area contributed by atoms with Crippen LogP contribution in [0.3, 0.4) is 0 Å². The number of non-ortho nitro benzene ring substituents is 1. The van der Waals surface area contributed by atoms with Gasteiger partial charge in [0, 0.05) is 23.4 Å². The zero-order chi connectivity index (χ0) is 21.4. The van der Waals surface area contributed by atoms with Crippen molar-refractivity contribution in [3.63, 3.8) is 0 Å². The summed E-state index contributed by atoms with van der Waals surface area (Å²) in [6, 6.07) is 7.81. The van der Waals surface area contributed by atoms with E-state index in [4.69, 9.17) is 10.3 Å². The highest BCUT2D eigenvalue weighted by Gasteiger charge is 2.22. The van der Waals surface area contributed by atoms with Crippen molar-refractivity contribution in [2.24, 2.45) is 0 Å². The molecule has 3 aromatic heterocycles. The summed E-state index contributed by atoms with van der Waals surface area (Å²) in [6.45, 7) is 5.66. The first-order valence-corrected chi connectivity index (χ1v) is 9.70. The van der Waals surface area contributed by atoms with Gasteiger partial charge in [0.05, 0.1) is 15.9 Å². The monoisotopic (exact) mass is 427 g/mol. The molecule has 13 heteroatoms. The lowest BCUT2D eigenvalue weighted by atomic mass is 10.2. The number of nitro groups is 1. The first-order chi connectivity index (χ1) is 14.3. The maximum Gasteiger partial charge on any atom is 0.271 e. The minimum Gasteiger partial charge on any atom is -0.419 e. The van der Waals surface area contributed by atoms with Gasteiger partial charge in [-0.15, -0.1) is 20.4 Å². The van der Waals surface area contributed by atoms with Gasteiger partial charge in [0.25, 0.3) is 11.6 Å². The highest BCUT2D eigenvalue weighted by Crippen LogP contribution is 2.34. The van der Waals surface area contributed by atoms with Crippen LogP contribution in [0.15, 0.2) is 39.9 Å². The lowest BCUT2D eigenvalue weighted by Gasteiger charge is -2.07. The van der Waals surface area contributed by atoms with Crippen LogP contribution >= 0.6 is 11.8 Å². The van der Waals surface area contributed by atoms with Gasteiger partial charge in [0.15, 0.2) is 0 Å². The number of nitro benzene ring substituents is 1. The molecule has 0 radical (unpaired) electrons. The normalized spacial score (nSPS) is 12.2. The van der Waals surface area contributed by atoms with E-state index in [-0.39, 0.29) is 16.8 Å². The molecule has 0 aliphatic rings. The van der Waals surface area contributed by atoms with Gasteiger partial charge in [-0.3, -0.25) is 10.1 Å². The van der Waals surface area contributed by atoms with E-state index < -0.39 is 4.92 Å². The molecule has 0 bridgehead atoms. The summed E-state index contributed by atoms with van der Waals surface area (Å²) in [7, 11) is 0. The van der Waals surface area contributed by atoms with Gasteiger partial charge in [-0.2, -0.15) is 5.10 Å². The third kappa shape index (κ3) is 3.61. The Hall–Kier alpha value is -3.74. The van der Waals surface area contributed by atoms with Crippen LogP contribution in [-0.4, -0.2) is 39.8 Å². The Morgan fingerprint density at radius 2 is 1.90 bits per heavy atom. The summed E-state index contributed by atoms with van der Waals surface area (Å²) in [5.41, 5.74) is 2.32. The van der Waals surface area contributed by atoms with Crippen LogP contribution in [0.4, 0.5) is 5.69 Å². The summed E-state index contributed by atoms with van der Waals surface area (Å²) >= 11 is 1.30. The number of rotatable bonds is 6. The first-order valence-electron chi connectivity index (χ1n) is 8.82. The summed E-state index contributed by atoms with van der Waals surface area (Å²) in [5, 5.41) is 31.7. The van der Waals surface area contributed by atoms with Crippen molar-refractivity contribution in [3.05, 3.63) is 57.7 Å². The smallest absolute Gasteiger partial charge is 0.271 e. The largest absolute Gasteiger partial charge is 0.419 e. The van der Waals surface area contributed by atoms with Crippen molar-refractivity contribution >= 4 is 17.4 Å². The number of nitrogen functional groups attached to an aromatic ring is 1. The molecule has 2 N–H and O–H groups in total. The summed E-state index contributed by atoms with van der Waals surface area (Å²) in [4.78, 5) is 10.3.